The second kappa shape index (κ2) is 8.44. The van der Waals surface area contributed by atoms with E-state index in [1.54, 1.807) is 31.2 Å². The van der Waals surface area contributed by atoms with Gasteiger partial charge < -0.3 is 9.84 Å². The van der Waals surface area contributed by atoms with Crippen molar-refractivity contribution in [2.45, 2.75) is 20.4 Å². The molecule has 1 aromatic heterocycles. The molecule has 2 aromatic carbocycles. The molecule has 1 heterocycles. The lowest BCUT2D eigenvalue weighted by molar-refractivity contribution is 0.0946. The number of carbonyl (C=O) groups is 1. The molecule has 0 atom stereocenters. The number of sulfonamides is 1. The van der Waals surface area contributed by atoms with Crippen LogP contribution < -0.4 is 9.62 Å². The summed E-state index contributed by atoms with van der Waals surface area (Å²) in [6.07, 6.45) is 0. The lowest BCUT2D eigenvalue weighted by atomic mass is 10.1. The molecular formula is C20H22N4O4S. The van der Waals surface area contributed by atoms with Gasteiger partial charge in [0, 0.05) is 18.2 Å². The fourth-order valence-corrected chi connectivity index (χ4v) is 3.49. The largest absolute Gasteiger partial charge is 0.343 e. The standard InChI is InChI=1S/C20H22N4O4S/c1-4-29(26,27)24(3)17-10-8-15(9-11-17)20(25)21-13-18-22-19(23-28-18)16-7-5-6-14(2)12-16/h5-12H,4,13H2,1-3H3,(H,21,25). The second-order valence-electron chi connectivity index (χ2n) is 6.48. The van der Waals surface area contributed by atoms with Crippen LogP contribution in [0.4, 0.5) is 5.69 Å². The van der Waals surface area contributed by atoms with Crippen LogP contribution in [0.1, 0.15) is 28.7 Å². The van der Waals surface area contributed by atoms with Gasteiger partial charge in [-0.2, -0.15) is 4.98 Å². The van der Waals surface area contributed by atoms with Gasteiger partial charge in [-0.15, -0.1) is 0 Å². The number of aromatic nitrogens is 2. The van der Waals surface area contributed by atoms with Gasteiger partial charge in [-0.25, -0.2) is 8.42 Å². The van der Waals surface area contributed by atoms with Crippen LogP contribution in [0.3, 0.4) is 0 Å². The number of nitrogens with zero attached hydrogens (tertiary/aromatic N) is 3. The zero-order valence-electron chi connectivity index (χ0n) is 16.4. The molecule has 0 saturated heterocycles. The third-order valence-electron chi connectivity index (χ3n) is 4.42. The highest BCUT2D eigenvalue weighted by Gasteiger charge is 2.16. The minimum absolute atomic E-state index is 0.000455. The molecule has 0 aliphatic carbocycles. The predicted octanol–water partition coefficient (Wildman–Crippen LogP) is 2.76. The van der Waals surface area contributed by atoms with Crippen molar-refractivity contribution in [3.8, 4) is 11.4 Å². The first-order chi connectivity index (χ1) is 13.8. The minimum Gasteiger partial charge on any atom is -0.343 e. The molecule has 0 fully saturated rings. The Labute approximate surface area is 169 Å². The summed E-state index contributed by atoms with van der Waals surface area (Å²) in [5, 5.41) is 6.65. The third kappa shape index (κ3) is 4.80. The van der Waals surface area contributed by atoms with Crippen LogP contribution >= 0.6 is 0 Å². The molecule has 0 bridgehead atoms. The van der Waals surface area contributed by atoms with E-state index in [4.69, 9.17) is 4.52 Å². The molecule has 3 aromatic rings. The molecule has 0 aliphatic rings. The van der Waals surface area contributed by atoms with E-state index in [9.17, 15) is 13.2 Å². The lowest BCUT2D eigenvalue weighted by Crippen LogP contribution is -2.28. The highest BCUT2D eigenvalue weighted by atomic mass is 32.2. The Morgan fingerprint density at radius 3 is 2.55 bits per heavy atom. The molecule has 29 heavy (non-hydrogen) atoms. The van der Waals surface area contributed by atoms with Gasteiger partial charge in [0.15, 0.2) is 0 Å². The first-order valence-electron chi connectivity index (χ1n) is 9.04. The zero-order valence-corrected chi connectivity index (χ0v) is 17.2. The topological polar surface area (TPSA) is 105 Å². The Bertz CT molecular complexity index is 1110. The van der Waals surface area contributed by atoms with E-state index in [0.717, 1.165) is 11.1 Å². The Morgan fingerprint density at radius 1 is 1.17 bits per heavy atom. The number of nitrogens with one attached hydrogen (secondary N) is 1. The van der Waals surface area contributed by atoms with Crippen molar-refractivity contribution in [1.82, 2.24) is 15.5 Å². The van der Waals surface area contributed by atoms with Gasteiger partial charge in [0.1, 0.15) is 0 Å². The van der Waals surface area contributed by atoms with Gasteiger partial charge in [0.25, 0.3) is 5.91 Å². The average molecular weight is 414 g/mol. The van der Waals surface area contributed by atoms with Crippen LogP contribution in [0.2, 0.25) is 0 Å². The van der Waals surface area contributed by atoms with Crippen molar-refractivity contribution in [1.29, 1.82) is 0 Å². The number of benzene rings is 2. The summed E-state index contributed by atoms with van der Waals surface area (Å²) in [6, 6.07) is 14.0. The zero-order chi connectivity index (χ0) is 21.0. The van der Waals surface area contributed by atoms with E-state index in [0.29, 0.717) is 23.0 Å². The molecule has 0 unspecified atom stereocenters. The SMILES string of the molecule is CCS(=O)(=O)N(C)c1ccc(C(=O)NCc2nc(-c3cccc(C)c3)no2)cc1. The maximum atomic E-state index is 12.3. The van der Waals surface area contributed by atoms with Crippen molar-refractivity contribution < 1.29 is 17.7 Å². The van der Waals surface area contributed by atoms with Crippen molar-refractivity contribution in [2.24, 2.45) is 0 Å². The van der Waals surface area contributed by atoms with Crippen molar-refractivity contribution in [3.05, 3.63) is 65.5 Å². The Balaban J connectivity index is 1.63. The third-order valence-corrected chi connectivity index (χ3v) is 6.19. The Kier molecular flexibility index (Phi) is 5.97. The van der Waals surface area contributed by atoms with Gasteiger partial charge in [-0.1, -0.05) is 28.9 Å². The smallest absolute Gasteiger partial charge is 0.251 e. The number of carbonyl (C=O) groups excluding carboxylic acids is 1. The second-order valence-corrected chi connectivity index (χ2v) is 8.77. The maximum absolute atomic E-state index is 12.3. The summed E-state index contributed by atoms with van der Waals surface area (Å²) in [5.74, 6) is 0.427. The molecule has 1 amide bonds. The Hall–Kier alpha value is -3.20. The molecular weight excluding hydrogens is 392 g/mol. The maximum Gasteiger partial charge on any atom is 0.251 e. The first kappa shape index (κ1) is 20.5. The van der Waals surface area contributed by atoms with Crippen LogP contribution in [0.25, 0.3) is 11.4 Å². The Morgan fingerprint density at radius 2 is 1.90 bits per heavy atom. The van der Waals surface area contributed by atoms with Crippen LogP contribution in [0.15, 0.2) is 53.1 Å². The van der Waals surface area contributed by atoms with E-state index in [2.05, 4.69) is 15.5 Å². The van der Waals surface area contributed by atoms with E-state index < -0.39 is 10.0 Å². The monoisotopic (exact) mass is 414 g/mol. The number of amides is 1. The molecule has 0 spiro atoms. The molecule has 8 nitrogen and oxygen atoms in total. The van der Waals surface area contributed by atoms with E-state index in [-0.39, 0.29) is 18.2 Å². The molecule has 152 valence electrons. The van der Waals surface area contributed by atoms with Crippen LogP contribution in [-0.2, 0) is 16.6 Å². The summed E-state index contributed by atoms with van der Waals surface area (Å²) < 4.78 is 30.2. The van der Waals surface area contributed by atoms with Gasteiger partial charge in [-0.05, 0) is 44.2 Å². The van der Waals surface area contributed by atoms with Crippen molar-refractivity contribution >= 4 is 21.6 Å². The average Bonchev–Trinajstić information content (AvgIpc) is 3.20. The summed E-state index contributed by atoms with van der Waals surface area (Å²) in [5.41, 5.74) is 2.81. The molecule has 9 heteroatoms. The summed E-state index contributed by atoms with van der Waals surface area (Å²) in [6.45, 7) is 3.64. The van der Waals surface area contributed by atoms with Gasteiger partial charge in [0.2, 0.25) is 21.7 Å². The summed E-state index contributed by atoms with van der Waals surface area (Å²) in [4.78, 5) is 16.6. The van der Waals surface area contributed by atoms with Crippen LogP contribution in [0, 0.1) is 6.92 Å². The molecule has 3 rings (SSSR count). The van der Waals surface area contributed by atoms with Crippen LogP contribution in [0.5, 0.6) is 0 Å². The van der Waals surface area contributed by atoms with E-state index in [1.165, 1.54) is 11.4 Å². The predicted molar refractivity (Wildman–Crippen MR) is 110 cm³/mol. The van der Waals surface area contributed by atoms with Gasteiger partial charge in [-0.3, -0.25) is 9.10 Å². The van der Waals surface area contributed by atoms with E-state index >= 15 is 0 Å². The number of anilines is 1. The highest BCUT2D eigenvalue weighted by Crippen LogP contribution is 2.18. The van der Waals surface area contributed by atoms with Gasteiger partial charge in [0.05, 0.1) is 18.0 Å². The highest BCUT2D eigenvalue weighted by molar-refractivity contribution is 7.92. The number of hydrogen-bond acceptors (Lipinski definition) is 6. The summed E-state index contributed by atoms with van der Waals surface area (Å²) in [7, 11) is -1.87. The first-order valence-corrected chi connectivity index (χ1v) is 10.7. The minimum atomic E-state index is -3.35. The fourth-order valence-electron chi connectivity index (χ4n) is 2.66. The quantitative estimate of drug-likeness (QED) is 0.637. The van der Waals surface area contributed by atoms with E-state index in [1.807, 2.05) is 31.2 Å². The molecule has 0 aliphatic heterocycles. The lowest BCUT2D eigenvalue weighted by Gasteiger charge is -2.18. The molecule has 0 saturated carbocycles. The summed E-state index contributed by atoms with van der Waals surface area (Å²) >= 11 is 0. The van der Waals surface area contributed by atoms with Crippen molar-refractivity contribution in [2.75, 3.05) is 17.1 Å². The number of aryl methyl sites for hydroxylation is 1. The molecule has 0 radical (unpaired) electrons. The number of hydrogen-bond donors (Lipinski definition) is 1. The normalized spacial score (nSPS) is 11.3. The van der Waals surface area contributed by atoms with Crippen molar-refractivity contribution in [3.63, 3.8) is 0 Å². The number of rotatable bonds is 7. The molecule has 1 N–H and O–H groups in total. The van der Waals surface area contributed by atoms with Gasteiger partial charge >= 0.3 is 0 Å². The fraction of sp³-hybridized carbons (Fsp3) is 0.250. The van der Waals surface area contributed by atoms with Crippen LogP contribution in [-0.4, -0.2) is 37.3 Å².